The standard InChI is InChI=1S/C17H17BrN2O4/c1-9-7-12(18)13(21)8-14(9)24-17-11(5-6-15(22)23)16(10-3-4-10)19-20(17)2/h5-8,10,21H,3-4H2,1-2H3,(H,22,23)/b6-5+. The molecule has 0 radical (unpaired) electrons. The first-order valence-corrected chi connectivity index (χ1v) is 8.31. The third-order valence-corrected chi connectivity index (χ3v) is 4.50. The summed E-state index contributed by atoms with van der Waals surface area (Å²) < 4.78 is 8.16. The Morgan fingerprint density at radius 2 is 2.17 bits per heavy atom. The van der Waals surface area contributed by atoms with Crippen molar-refractivity contribution < 1.29 is 19.7 Å². The Morgan fingerprint density at radius 3 is 2.79 bits per heavy atom. The number of carbonyl (C=O) groups is 1. The molecule has 7 heteroatoms. The van der Waals surface area contributed by atoms with Crippen LogP contribution in [0.15, 0.2) is 22.7 Å². The van der Waals surface area contributed by atoms with Gasteiger partial charge in [0.05, 0.1) is 15.7 Å². The number of carboxylic acid groups (broad SMARTS) is 1. The van der Waals surface area contributed by atoms with E-state index in [2.05, 4.69) is 21.0 Å². The number of benzene rings is 1. The summed E-state index contributed by atoms with van der Waals surface area (Å²) in [6.45, 7) is 1.87. The van der Waals surface area contributed by atoms with Crippen molar-refractivity contribution in [3.05, 3.63) is 39.5 Å². The first kappa shape index (κ1) is 16.6. The zero-order chi connectivity index (χ0) is 17.4. The number of rotatable bonds is 5. The van der Waals surface area contributed by atoms with Gasteiger partial charge in [0, 0.05) is 25.1 Å². The van der Waals surface area contributed by atoms with Crippen molar-refractivity contribution in [3.63, 3.8) is 0 Å². The number of aliphatic carboxylic acids is 1. The molecule has 0 spiro atoms. The van der Waals surface area contributed by atoms with E-state index in [1.165, 1.54) is 12.1 Å². The second kappa shape index (κ2) is 6.32. The van der Waals surface area contributed by atoms with Crippen molar-refractivity contribution in [3.8, 4) is 17.4 Å². The SMILES string of the molecule is Cc1cc(Br)c(O)cc1Oc1c(/C=C/C(=O)O)c(C2CC2)nn1C. The number of phenolic OH excluding ortho intramolecular Hbond substituents is 1. The van der Waals surface area contributed by atoms with Gasteiger partial charge >= 0.3 is 5.97 Å². The number of aromatic hydroxyl groups is 1. The first-order valence-electron chi connectivity index (χ1n) is 7.51. The smallest absolute Gasteiger partial charge is 0.328 e. The minimum atomic E-state index is -1.02. The fraction of sp³-hybridized carbons (Fsp3) is 0.294. The van der Waals surface area contributed by atoms with Gasteiger partial charge in [-0.15, -0.1) is 0 Å². The van der Waals surface area contributed by atoms with E-state index in [1.807, 2.05) is 6.92 Å². The molecule has 0 amide bonds. The number of carboxylic acids is 1. The van der Waals surface area contributed by atoms with E-state index in [-0.39, 0.29) is 5.75 Å². The van der Waals surface area contributed by atoms with Crippen molar-refractivity contribution in [2.45, 2.75) is 25.7 Å². The number of phenols is 1. The molecule has 24 heavy (non-hydrogen) atoms. The number of nitrogens with zero attached hydrogens (tertiary/aromatic N) is 2. The first-order chi connectivity index (χ1) is 11.4. The number of aromatic nitrogens is 2. The highest BCUT2D eigenvalue weighted by Gasteiger charge is 2.31. The van der Waals surface area contributed by atoms with E-state index < -0.39 is 5.97 Å². The average Bonchev–Trinajstić information content (AvgIpc) is 3.29. The molecule has 1 heterocycles. The van der Waals surface area contributed by atoms with Gasteiger partial charge in [-0.1, -0.05) is 0 Å². The van der Waals surface area contributed by atoms with E-state index >= 15 is 0 Å². The number of aryl methyl sites for hydroxylation is 2. The summed E-state index contributed by atoms with van der Waals surface area (Å²) in [4.78, 5) is 10.9. The number of hydrogen-bond donors (Lipinski definition) is 2. The number of halogens is 1. The van der Waals surface area contributed by atoms with Crippen LogP contribution in [0.25, 0.3) is 6.08 Å². The highest BCUT2D eigenvalue weighted by atomic mass is 79.9. The molecule has 1 aromatic heterocycles. The minimum Gasteiger partial charge on any atom is -0.507 e. The number of ether oxygens (including phenoxy) is 1. The van der Waals surface area contributed by atoms with Crippen molar-refractivity contribution in [2.75, 3.05) is 0 Å². The van der Waals surface area contributed by atoms with Gasteiger partial charge in [0.25, 0.3) is 0 Å². The Balaban J connectivity index is 2.04. The van der Waals surface area contributed by atoms with E-state index in [0.717, 1.165) is 30.2 Å². The van der Waals surface area contributed by atoms with Crippen LogP contribution >= 0.6 is 15.9 Å². The maximum absolute atomic E-state index is 10.9. The largest absolute Gasteiger partial charge is 0.507 e. The zero-order valence-corrected chi connectivity index (χ0v) is 14.9. The summed E-state index contributed by atoms with van der Waals surface area (Å²) in [5, 5.41) is 23.3. The summed E-state index contributed by atoms with van der Waals surface area (Å²) in [5.74, 6) is 0.346. The van der Waals surface area contributed by atoms with Gasteiger partial charge in [-0.3, -0.25) is 0 Å². The molecule has 2 N–H and O–H groups in total. The van der Waals surface area contributed by atoms with Crippen LogP contribution in [0.2, 0.25) is 0 Å². The van der Waals surface area contributed by atoms with Crippen LogP contribution in [0, 0.1) is 6.92 Å². The molecular weight excluding hydrogens is 376 g/mol. The summed E-state index contributed by atoms with van der Waals surface area (Å²) in [6, 6.07) is 3.28. The summed E-state index contributed by atoms with van der Waals surface area (Å²) in [5.41, 5.74) is 2.36. The quantitative estimate of drug-likeness (QED) is 0.752. The van der Waals surface area contributed by atoms with Crippen LogP contribution in [-0.2, 0) is 11.8 Å². The Labute approximate surface area is 147 Å². The van der Waals surface area contributed by atoms with Gasteiger partial charge in [-0.05, 0) is 53.4 Å². The maximum atomic E-state index is 10.9. The molecule has 1 aliphatic carbocycles. The second-order valence-corrected chi connectivity index (χ2v) is 6.70. The van der Waals surface area contributed by atoms with Crippen LogP contribution in [-0.4, -0.2) is 26.0 Å². The Bertz CT molecular complexity index is 838. The lowest BCUT2D eigenvalue weighted by Gasteiger charge is -2.11. The summed E-state index contributed by atoms with van der Waals surface area (Å²) in [7, 11) is 1.76. The minimum absolute atomic E-state index is 0.0720. The fourth-order valence-electron chi connectivity index (χ4n) is 2.49. The van der Waals surface area contributed by atoms with E-state index in [1.54, 1.807) is 17.8 Å². The molecule has 3 rings (SSSR count). The monoisotopic (exact) mass is 392 g/mol. The molecule has 6 nitrogen and oxygen atoms in total. The molecule has 0 aliphatic heterocycles. The third kappa shape index (κ3) is 3.31. The Hall–Kier alpha value is -2.28. The lowest BCUT2D eigenvalue weighted by atomic mass is 10.1. The van der Waals surface area contributed by atoms with Crippen molar-refractivity contribution in [1.29, 1.82) is 0 Å². The molecule has 2 aromatic rings. The van der Waals surface area contributed by atoms with Crippen molar-refractivity contribution >= 4 is 28.0 Å². The molecule has 0 bridgehead atoms. The second-order valence-electron chi connectivity index (χ2n) is 5.84. The molecule has 126 valence electrons. The summed E-state index contributed by atoms with van der Waals surface area (Å²) in [6.07, 6.45) is 4.69. The normalized spacial score (nSPS) is 14.3. The van der Waals surface area contributed by atoms with Crippen LogP contribution in [0.5, 0.6) is 17.4 Å². The molecule has 0 unspecified atom stereocenters. The maximum Gasteiger partial charge on any atom is 0.328 e. The van der Waals surface area contributed by atoms with Gasteiger partial charge in [0.2, 0.25) is 5.88 Å². The number of hydrogen-bond acceptors (Lipinski definition) is 4. The van der Waals surface area contributed by atoms with E-state index in [9.17, 15) is 9.90 Å². The van der Waals surface area contributed by atoms with Crippen LogP contribution < -0.4 is 4.74 Å². The van der Waals surface area contributed by atoms with Crippen LogP contribution in [0.1, 0.15) is 35.6 Å². The van der Waals surface area contributed by atoms with Gasteiger partial charge in [-0.2, -0.15) is 5.10 Å². The molecule has 1 aliphatic rings. The van der Waals surface area contributed by atoms with Crippen molar-refractivity contribution in [1.82, 2.24) is 9.78 Å². The molecule has 0 atom stereocenters. The van der Waals surface area contributed by atoms with Gasteiger partial charge < -0.3 is 14.9 Å². The van der Waals surface area contributed by atoms with E-state index in [4.69, 9.17) is 9.84 Å². The highest BCUT2D eigenvalue weighted by molar-refractivity contribution is 9.10. The van der Waals surface area contributed by atoms with Crippen LogP contribution in [0.4, 0.5) is 0 Å². The molecular formula is C17H17BrN2O4. The van der Waals surface area contributed by atoms with E-state index in [0.29, 0.717) is 27.6 Å². The van der Waals surface area contributed by atoms with Crippen molar-refractivity contribution in [2.24, 2.45) is 7.05 Å². The zero-order valence-electron chi connectivity index (χ0n) is 13.3. The predicted octanol–water partition coefficient (Wildman–Crippen LogP) is 3.96. The molecule has 1 fully saturated rings. The Morgan fingerprint density at radius 1 is 1.46 bits per heavy atom. The average molecular weight is 393 g/mol. The summed E-state index contributed by atoms with van der Waals surface area (Å²) >= 11 is 3.27. The molecule has 1 saturated carbocycles. The predicted molar refractivity (Wildman–Crippen MR) is 92.5 cm³/mol. The Kier molecular flexibility index (Phi) is 4.36. The fourth-order valence-corrected chi connectivity index (χ4v) is 2.95. The lowest BCUT2D eigenvalue weighted by Crippen LogP contribution is -1.97. The molecule has 0 saturated heterocycles. The van der Waals surface area contributed by atoms with Crippen LogP contribution in [0.3, 0.4) is 0 Å². The molecule has 1 aromatic carbocycles. The van der Waals surface area contributed by atoms with Gasteiger partial charge in [-0.25, -0.2) is 9.48 Å². The topological polar surface area (TPSA) is 84.6 Å². The lowest BCUT2D eigenvalue weighted by molar-refractivity contribution is -0.131. The van der Waals surface area contributed by atoms with Gasteiger partial charge in [0.15, 0.2) is 0 Å². The highest BCUT2D eigenvalue weighted by Crippen LogP contribution is 2.44. The van der Waals surface area contributed by atoms with Gasteiger partial charge in [0.1, 0.15) is 11.5 Å². The third-order valence-electron chi connectivity index (χ3n) is 3.87.